The van der Waals surface area contributed by atoms with Crippen molar-refractivity contribution in [3.8, 4) is 39.8 Å². The van der Waals surface area contributed by atoms with Crippen LogP contribution >= 0.6 is 27.3 Å². The molecule has 200 valence electrons. The molecule has 0 N–H and O–H groups in total. The number of para-hydroxylation sites is 1. The summed E-state index contributed by atoms with van der Waals surface area (Å²) < 4.78 is 15.6. The number of hydrogen-bond donors (Lipinski definition) is 0. The lowest BCUT2D eigenvalue weighted by Crippen LogP contribution is -2.23. The molecule has 40 heavy (non-hydrogen) atoms. The van der Waals surface area contributed by atoms with Gasteiger partial charge in [0.15, 0.2) is 5.82 Å². The molecule has 0 atom stereocenters. The fourth-order valence-electron chi connectivity index (χ4n) is 4.26. The lowest BCUT2D eigenvalue weighted by molar-refractivity contribution is 0.317. The highest BCUT2D eigenvalue weighted by Crippen LogP contribution is 2.32. The van der Waals surface area contributed by atoms with E-state index < -0.39 is 0 Å². The highest BCUT2D eigenvalue weighted by molar-refractivity contribution is 9.10. The minimum absolute atomic E-state index is 0.226. The third kappa shape index (κ3) is 5.03. The number of nitrogens with zero attached hydrogens (tertiary/aromatic N) is 5. The van der Waals surface area contributed by atoms with Crippen LogP contribution in [0, 0.1) is 0 Å². The number of rotatable bonds is 8. The van der Waals surface area contributed by atoms with Crippen molar-refractivity contribution in [1.82, 2.24) is 24.4 Å². The van der Waals surface area contributed by atoms with Crippen LogP contribution in [0.1, 0.15) is 18.9 Å². The van der Waals surface area contributed by atoms with Crippen LogP contribution in [0.5, 0.6) is 11.5 Å². The molecule has 0 unspecified atom stereocenters. The fourth-order valence-corrected chi connectivity index (χ4v) is 5.70. The van der Waals surface area contributed by atoms with Crippen molar-refractivity contribution >= 4 is 38.3 Å². The van der Waals surface area contributed by atoms with Crippen LogP contribution in [0.3, 0.4) is 0 Å². The van der Waals surface area contributed by atoms with Crippen molar-refractivity contribution in [2.75, 3.05) is 13.7 Å². The molecule has 0 aliphatic carbocycles. The van der Waals surface area contributed by atoms with Gasteiger partial charge in [0.05, 0.1) is 28.4 Å². The summed E-state index contributed by atoms with van der Waals surface area (Å²) in [6.45, 7) is 2.73. The van der Waals surface area contributed by atoms with E-state index in [1.54, 1.807) is 7.11 Å². The zero-order valence-corrected chi connectivity index (χ0v) is 24.1. The van der Waals surface area contributed by atoms with E-state index in [0.717, 1.165) is 50.5 Å². The van der Waals surface area contributed by atoms with Gasteiger partial charge in [-0.2, -0.15) is 14.6 Å². The third-order valence-electron chi connectivity index (χ3n) is 6.24. The standard InChI is InChI=1S/C30H24BrN5O3S/c1-3-15-39-23-12-9-19(10-13-23)28-32-30-36(34-28)29(37)26(40-30)17-21-18-35(22-7-5-4-6-8-22)33-27(21)20-11-14-25(38-2)24(31)16-20/h4-14,16-18H,3,15H2,1-2H3. The van der Waals surface area contributed by atoms with Gasteiger partial charge in [0.2, 0.25) is 4.96 Å². The van der Waals surface area contributed by atoms with Crippen LogP contribution in [-0.2, 0) is 0 Å². The summed E-state index contributed by atoms with van der Waals surface area (Å²) in [7, 11) is 1.63. The highest BCUT2D eigenvalue weighted by Gasteiger charge is 2.16. The highest BCUT2D eigenvalue weighted by atomic mass is 79.9. The van der Waals surface area contributed by atoms with E-state index in [-0.39, 0.29) is 5.56 Å². The number of halogens is 1. The summed E-state index contributed by atoms with van der Waals surface area (Å²) in [5.74, 6) is 2.02. The smallest absolute Gasteiger partial charge is 0.291 e. The van der Waals surface area contributed by atoms with E-state index >= 15 is 0 Å². The van der Waals surface area contributed by atoms with Crippen molar-refractivity contribution in [1.29, 1.82) is 0 Å². The zero-order chi connectivity index (χ0) is 27.6. The SMILES string of the molecule is CCCOc1ccc(-c2nc3sc(=Cc4cn(-c5ccccc5)nc4-c4ccc(OC)c(Br)c4)c(=O)n3n2)cc1. The molecule has 0 saturated heterocycles. The van der Waals surface area contributed by atoms with Gasteiger partial charge in [-0.3, -0.25) is 4.79 Å². The maximum Gasteiger partial charge on any atom is 0.291 e. The van der Waals surface area contributed by atoms with Crippen molar-refractivity contribution in [2.24, 2.45) is 0 Å². The lowest BCUT2D eigenvalue weighted by atomic mass is 10.1. The summed E-state index contributed by atoms with van der Waals surface area (Å²) in [6, 6.07) is 23.2. The third-order valence-corrected chi connectivity index (χ3v) is 7.82. The van der Waals surface area contributed by atoms with E-state index in [2.05, 4.69) is 32.9 Å². The van der Waals surface area contributed by atoms with Gasteiger partial charge in [-0.15, -0.1) is 5.10 Å². The molecule has 3 aromatic heterocycles. The lowest BCUT2D eigenvalue weighted by Gasteiger charge is -2.05. The molecule has 6 aromatic rings. The van der Waals surface area contributed by atoms with Gasteiger partial charge < -0.3 is 9.47 Å². The number of fused-ring (bicyclic) bond motifs is 1. The topological polar surface area (TPSA) is 83.5 Å². The van der Waals surface area contributed by atoms with Gasteiger partial charge in [-0.05, 0) is 83.0 Å². The Bertz CT molecular complexity index is 1910. The quantitative estimate of drug-likeness (QED) is 0.216. The Morgan fingerprint density at radius 2 is 1.77 bits per heavy atom. The molecule has 8 nitrogen and oxygen atoms in total. The van der Waals surface area contributed by atoms with Crippen LogP contribution in [-0.4, -0.2) is 38.1 Å². The first-order chi connectivity index (χ1) is 19.5. The molecule has 3 heterocycles. The van der Waals surface area contributed by atoms with Gasteiger partial charge >= 0.3 is 0 Å². The van der Waals surface area contributed by atoms with Gasteiger partial charge in [-0.25, -0.2) is 4.68 Å². The second-order valence-electron chi connectivity index (χ2n) is 8.98. The monoisotopic (exact) mass is 613 g/mol. The van der Waals surface area contributed by atoms with Crippen LogP contribution in [0.2, 0.25) is 0 Å². The Balaban J connectivity index is 1.41. The summed E-state index contributed by atoms with van der Waals surface area (Å²) in [5.41, 5.74) is 3.92. The number of hydrogen-bond acceptors (Lipinski definition) is 7. The molecule has 0 bridgehead atoms. The van der Waals surface area contributed by atoms with E-state index in [9.17, 15) is 4.79 Å². The molecule has 0 amide bonds. The first-order valence-corrected chi connectivity index (χ1v) is 14.3. The predicted molar refractivity (Wildman–Crippen MR) is 160 cm³/mol. The molecular formula is C30H24BrN5O3S. The molecule has 6 rings (SSSR count). The number of thiazole rings is 1. The normalized spacial score (nSPS) is 11.8. The Morgan fingerprint density at radius 3 is 2.48 bits per heavy atom. The molecule has 0 fully saturated rings. The van der Waals surface area contributed by atoms with Gasteiger partial charge in [0, 0.05) is 22.9 Å². The number of ether oxygens (including phenoxy) is 2. The molecule has 0 aliphatic heterocycles. The van der Waals surface area contributed by atoms with Crippen LogP contribution in [0.15, 0.2) is 88.3 Å². The van der Waals surface area contributed by atoms with Crippen molar-refractivity contribution in [3.05, 3.63) is 104 Å². The Morgan fingerprint density at radius 1 is 1.00 bits per heavy atom. The first-order valence-electron chi connectivity index (χ1n) is 12.7. The molecule has 0 aliphatic rings. The van der Waals surface area contributed by atoms with Crippen molar-refractivity contribution in [2.45, 2.75) is 13.3 Å². The number of benzene rings is 3. The number of methoxy groups -OCH3 is 1. The van der Waals surface area contributed by atoms with E-state index in [4.69, 9.17) is 14.6 Å². The summed E-state index contributed by atoms with van der Waals surface area (Å²) in [4.78, 5) is 18.5. The molecule has 0 spiro atoms. The van der Waals surface area contributed by atoms with Gasteiger partial charge in [0.25, 0.3) is 5.56 Å². The minimum atomic E-state index is -0.226. The molecule has 10 heteroatoms. The fraction of sp³-hybridized carbons (Fsp3) is 0.133. The Hall–Kier alpha value is -4.28. The van der Waals surface area contributed by atoms with Gasteiger partial charge in [0.1, 0.15) is 17.2 Å². The predicted octanol–water partition coefficient (Wildman–Crippen LogP) is 5.78. The average Bonchev–Trinajstić information content (AvgIpc) is 3.67. The van der Waals surface area contributed by atoms with Crippen molar-refractivity contribution in [3.63, 3.8) is 0 Å². The zero-order valence-electron chi connectivity index (χ0n) is 21.7. The Kier molecular flexibility index (Phi) is 7.19. The van der Waals surface area contributed by atoms with E-state index in [0.29, 0.717) is 21.9 Å². The average molecular weight is 615 g/mol. The van der Waals surface area contributed by atoms with Crippen molar-refractivity contribution < 1.29 is 9.47 Å². The molecule has 0 radical (unpaired) electrons. The Labute approximate surface area is 242 Å². The van der Waals surface area contributed by atoms with E-state index in [1.165, 1.54) is 15.9 Å². The summed E-state index contributed by atoms with van der Waals surface area (Å²) in [5, 5.41) is 9.37. The van der Waals surface area contributed by atoms with Crippen LogP contribution in [0.25, 0.3) is 39.4 Å². The second kappa shape index (κ2) is 11.1. The molecule has 3 aromatic carbocycles. The maximum absolute atomic E-state index is 13.4. The number of aromatic nitrogens is 5. The second-order valence-corrected chi connectivity index (χ2v) is 10.8. The van der Waals surface area contributed by atoms with E-state index in [1.807, 2.05) is 89.8 Å². The molecular weight excluding hydrogens is 590 g/mol. The van der Waals surface area contributed by atoms with Gasteiger partial charge in [-0.1, -0.05) is 36.5 Å². The molecule has 0 saturated carbocycles. The maximum atomic E-state index is 13.4. The van der Waals surface area contributed by atoms with Crippen LogP contribution in [0.4, 0.5) is 0 Å². The largest absolute Gasteiger partial charge is 0.496 e. The summed E-state index contributed by atoms with van der Waals surface area (Å²) in [6.07, 6.45) is 4.72. The minimum Gasteiger partial charge on any atom is -0.496 e. The van der Waals surface area contributed by atoms with Crippen LogP contribution < -0.4 is 19.6 Å². The first kappa shape index (κ1) is 26.0. The summed E-state index contributed by atoms with van der Waals surface area (Å²) >= 11 is 4.87.